The van der Waals surface area contributed by atoms with Crippen LogP contribution >= 0.6 is 0 Å². The first-order valence-corrected chi connectivity index (χ1v) is 5.42. The molecule has 94 valence electrons. The Balaban J connectivity index is 4.81. The number of rotatable bonds is 5. The van der Waals surface area contributed by atoms with Crippen LogP contribution in [0.2, 0.25) is 0 Å². The Hall–Kier alpha value is -1.10. The van der Waals surface area contributed by atoms with Gasteiger partial charge in [-0.05, 0) is 19.8 Å². The molecule has 0 fully saturated rings. The fraction of sp³-hybridized carbons (Fsp3) is 0.818. The maximum Gasteiger partial charge on any atom is 0.329 e. The van der Waals surface area contributed by atoms with Crippen LogP contribution in [0, 0.1) is 5.92 Å². The van der Waals surface area contributed by atoms with E-state index < -0.39 is 17.6 Å². The van der Waals surface area contributed by atoms with E-state index in [0.717, 1.165) is 6.42 Å². The molecule has 0 spiro atoms. The first-order chi connectivity index (χ1) is 7.16. The van der Waals surface area contributed by atoms with Crippen LogP contribution in [-0.2, 0) is 9.59 Å². The standard InChI is InChI=1S/C11H22N2O3/c1-6-7(2)8(12)9(14)13(5)11(3,4)10(15)16/h7-8H,6,12H2,1-5H3,(H,15,16). The van der Waals surface area contributed by atoms with Gasteiger partial charge in [0, 0.05) is 7.05 Å². The van der Waals surface area contributed by atoms with Gasteiger partial charge in [-0.25, -0.2) is 4.79 Å². The molecule has 0 aliphatic carbocycles. The van der Waals surface area contributed by atoms with Gasteiger partial charge in [-0.3, -0.25) is 4.79 Å². The highest BCUT2D eigenvalue weighted by Crippen LogP contribution is 2.16. The maximum atomic E-state index is 11.9. The van der Waals surface area contributed by atoms with Gasteiger partial charge < -0.3 is 15.7 Å². The Morgan fingerprint density at radius 2 is 1.88 bits per heavy atom. The van der Waals surface area contributed by atoms with Crippen LogP contribution in [0.4, 0.5) is 0 Å². The van der Waals surface area contributed by atoms with Crippen LogP contribution < -0.4 is 5.73 Å². The van der Waals surface area contributed by atoms with Gasteiger partial charge in [-0.2, -0.15) is 0 Å². The van der Waals surface area contributed by atoms with Gasteiger partial charge in [0.1, 0.15) is 5.54 Å². The Labute approximate surface area is 96.6 Å². The van der Waals surface area contributed by atoms with E-state index in [9.17, 15) is 9.59 Å². The summed E-state index contributed by atoms with van der Waals surface area (Å²) in [7, 11) is 1.47. The summed E-state index contributed by atoms with van der Waals surface area (Å²) in [6.07, 6.45) is 0.786. The minimum absolute atomic E-state index is 0.0412. The molecule has 2 atom stereocenters. The zero-order valence-electron chi connectivity index (χ0n) is 10.7. The molecule has 5 nitrogen and oxygen atoms in total. The van der Waals surface area contributed by atoms with Crippen molar-refractivity contribution in [1.29, 1.82) is 0 Å². The van der Waals surface area contributed by atoms with Gasteiger partial charge in [0.25, 0.3) is 0 Å². The molecule has 0 saturated heterocycles. The second-order valence-corrected chi connectivity index (χ2v) is 4.67. The second-order valence-electron chi connectivity index (χ2n) is 4.67. The molecule has 0 bridgehead atoms. The molecule has 0 radical (unpaired) electrons. The summed E-state index contributed by atoms with van der Waals surface area (Å²) in [5.74, 6) is -1.33. The SMILES string of the molecule is CCC(C)C(N)C(=O)N(C)C(C)(C)C(=O)O. The van der Waals surface area contributed by atoms with Crippen molar-refractivity contribution in [2.75, 3.05) is 7.05 Å². The summed E-state index contributed by atoms with van der Waals surface area (Å²) in [4.78, 5) is 24.1. The minimum atomic E-state index is -1.23. The van der Waals surface area contributed by atoms with Crippen LogP contribution in [0.5, 0.6) is 0 Å². The van der Waals surface area contributed by atoms with Crippen molar-refractivity contribution in [3.05, 3.63) is 0 Å². The molecule has 1 amide bonds. The van der Waals surface area contributed by atoms with Crippen molar-refractivity contribution >= 4 is 11.9 Å². The van der Waals surface area contributed by atoms with Gasteiger partial charge in [0.15, 0.2) is 0 Å². The molecule has 0 saturated carbocycles. The van der Waals surface area contributed by atoms with Crippen molar-refractivity contribution in [3.8, 4) is 0 Å². The number of carbonyl (C=O) groups excluding carboxylic acids is 1. The average molecular weight is 230 g/mol. The highest BCUT2D eigenvalue weighted by Gasteiger charge is 2.37. The number of nitrogens with two attached hydrogens (primary N) is 1. The van der Waals surface area contributed by atoms with Crippen molar-refractivity contribution in [1.82, 2.24) is 4.90 Å². The summed E-state index contributed by atoms with van der Waals surface area (Å²) in [5, 5.41) is 9.00. The molecule has 0 aliphatic rings. The lowest BCUT2D eigenvalue weighted by Crippen LogP contribution is -2.56. The molecule has 16 heavy (non-hydrogen) atoms. The van der Waals surface area contributed by atoms with E-state index >= 15 is 0 Å². The molecule has 5 heteroatoms. The Morgan fingerprint density at radius 3 is 2.19 bits per heavy atom. The van der Waals surface area contributed by atoms with Crippen LogP contribution in [0.3, 0.4) is 0 Å². The van der Waals surface area contributed by atoms with Gasteiger partial charge in [0.2, 0.25) is 5.91 Å². The molecular formula is C11H22N2O3. The number of nitrogens with zero attached hydrogens (tertiary/aromatic N) is 1. The first-order valence-electron chi connectivity index (χ1n) is 5.42. The number of aliphatic carboxylic acids is 1. The highest BCUT2D eigenvalue weighted by atomic mass is 16.4. The smallest absolute Gasteiger partial charge is 0.329 e. The molecule has 0 rings (SSSR count). The van der Waals surface area contributed by atoms with Gasteiger partial charge in [0.05, 0.1) is 6.04 Å². The van der Waals surface area contributed by atoms with Gasteiger partial charge in [-0.1, -0.05) is 20.3 Å². The van der Waals surface area contributed by atoms with Gasteiger partial charge >= 0.3 is 5.97 Å². The predicted octanol–water partition coefficient (Wildman–Crippen LogP) is 0.681. The third-order valence-electron chi connectivity index (χ3n) is 3.23. The Morgan fingerprint density at radius 1 is 1.44 bits per heavy atom. The number of carbonyl (C=O) groups is 2. The fourth-order valence-corrected chi connectivity index (χ4v) is 1.14. The first kappa shape index (κ1) is 14.9. The van der Waals surface area contributed by atoms with E-state index in [1.807, 2.05) is 13.8 Å². The van der Waals surface area contributed by atoms with E-state index in [-0.39, 0.29) is 11.8 Å². The number of hydrogen-bond acceptors (Lipinski definition) is 3. The topological polar surface area (TPSA) is 83.6 Å². The quantitative estimate of drug-likeness (QED) is 0.727. The average Bonchev–Trinajstić information content (AvgIpc) is 2.24. The lowest BCUT2D eigenvalue weighted by molar-refractivity contribution is -0.156. The van der Waals surface area contributed by atoms with Crippen molar-refractivity contribution in [2.45, 2.75) is 45.7 Å². The third kappa shape index (κ3) is 2.95. The molecule has 0 aromatic rings. The molecule has 0 aromatic carbocycles. The zero-order valence-corrected chi connectivity index (χ0v) is 10.7. The summed E-state index contributed by atoms with van der Waals surface area (Å²) in [6, 6.07) is -0.645. The van der Waals surface area contributed by atoms with Crippen LogP contribution in [0.25, 0.3) is 0 Å². The summed E-state index contributed by atoms with van der Waals surface area (Å²) >= 11 is 0. The van der Waals surface area contributed by atoms with Crippen LogP contribution in [0.15, 0.2) is 0 Å². The monoisotopic (exact) mass is 230 g/mol. The number of carboxylic acid groups (broad SMARTS) is 1. The van der Waals surface area contributed by atoms with E-state index in [4.69, 9.17) is 10.8 Å². The summed E-state index contributed by atoms with van der Waals surface area (Å²) in [6.45, 7) is 6.79. The Bertz CT molecular complexity index is 276. The normalized spacial score (nSPS) is 15.4. The van der Waals surface area contributed by atoms with E-state index in [2.05, 4.69) is 0 Å². The fourth-order valence-electron chi connectivity index (χ4n) is 1.14. The molecule has 0 aromatic heterocycles. The lowest BCUT2D eigenvalue weighted by Gasteiger charge is -2.34. The largest absolute Gasteiger partial charge is 0.480 e. The lowest BCUT2D eigenvalue weighted by atomic mass is 9.96. The molecule has 3 N–H and O–H groups in total. The highest BCUT2D eigenvalue weighted by molar-refractivity contribution is 5.88. The van der Waals surface area contributed by atoms with Gasteiger partial charge in [-0.15, -0.1) is 0 Å². The van der Waals surface area contributed by atoms with Crippen molar-refractivity contribution in [3.63, 3.8) is 0 Å². The third-order valence-corrected chi connectivity index (χ3v) is 3.23. The summed E-state index contributed by atoms with van der Waals surface area (Å²) < 4.78 is 0. The van der Waals surface area contributed by atoms with Crippen molar-refractivity contribution < 1.29 is 14.7 Å². The zero-order chi connectivity index (χ0) is 13.1. The molecule has 0 heterocycles. The van der Waals surface area contributed by atoms with Crippen LogP contribution in [0.1, 0.15) is 34.1 Å². The van der Waals surface area contributed by atoms with E-state index in [1.54, 1.807) is 0 Å². The second kappa shape index (κ2) is 5.30. The maximum absolute atomic E-state index is 11.9. The van der Waals surface area contributed by atoms with E-state index in [0.29, 0.717) is 0 Å². The predicted molar refractivity (Wildman–Crippen MR) is 61.9 cm³/mol. The van der Waals surface area contributed by atoms with Crippen molar-refractivity contribution in [2.24, 2.45) is 11.7 Å². The number of hydrogen-bond donors (Lipinski definition) is 2. The number of amides is 1. The minimum Gasteiger partial charge on any atom is -0.480 e. The van der Waals surface area contributed by atoms with E-state index in [1.165, 1.54) is 25.8 Å². The van der Waals surface area contributed by atoms with Crippen LogP contribution in [-0.4, -0.2) is 40.5 Å². The molecular weight excluding hydrogens is 208 g/mol. The number of likely N-dealkylation sites (N-methyl/N-ethyl adjacent to an activating group) is 1. The Kier molecular flexibility index (Phi) is 4.93. The summed E-state index contributed by atoms with van der Waals surface area (Å²) in [5.41, 5.74) is 4.55. The molecule has 2 unspecified atom stereocenters. The molecule has 0 aliphatic heterocycles. The number of carboxylic acids is 1.